The predicted molar refractivity (Wildman–Crippen MR) is 87.1 cm³/mol. The van der Waals surface area contributed by atoms with Crippen LogP contribution in [-0.4, -0.2) is 19.1 Å². The molecule has 23 heavy (non-hydrogen) atoms. The molecule has 0 heterocycles. The molecule has 0 atom stereocenters. The van der Waals surface area contributed by atoms with E-state index in [2.05, 4.69) is 11.4 Å². The van der Waals surface area contributed by atoms with Crippen LogP contribution in [-0.2, 0) is 16.1 Å². The summed E-state index contributed by atoms with van der Waals surface area (Å²) >= 11 is 0. The Kier molecular flexibility index (Phi) is 6.01. The summed E-state index contributed by atoms with van der Waals surface area (Å²) in [6.07, 6.45) is 0. The second-order valence-electron chi connectivity index (χ2n) is 4.76. The van der Waals surface area contributed by atoms with Gasteiger partial charge in [0.05, 0.1) is 23.9 Å². The minimum absolute atomic E-state index is 0.0183. The molecule has 5 nitrogen and oxygen atoms in total. The van der Waals surface area contributed by atoms with Gasteiger partial charge in [-0.2, -0.15) is 5.26 Å². The third-order valence-corrected chi connectivity index (χ3v) is 3.07. The maximum absolute atomic E-state index is 11.5. The van der Waals surface area contributed by atoms with E-state index in [1.807, 2.05) is 30.3 Å². The molecule has 0 spiro atoms. The Balaban J connectivity index is 2.08. The number of hydrogen-bond acceptors (Lipinski definition) is 5. The number of nitrogens with zero attached hydrogens (tertiary/aromatic N) is 1. The van der Waals surface area contributed by atoms with Gasteiger partial charge in [-0.3, -0.25) is 4.79 Å². The number of ether oxygens (including phenoxy) is 2. The number of hydrogen-bond donors (Lipinski definition) is 1. The van der Waals surface area contributed by atoms with Crippen LogP contribution in [0.2, 0.25) is 0 Å². The zero-order chi connectivity index (χ0) is 16.5. The van der Waals surface area contributed by atoms with Crippen LogP contribution in [0.1, 0.15) is 18.1 Å². The van der Waals surface area contributed by atoms with E-state index in [1.54, 1.807) is 25.1 Å². The molecule has 0 unspecified atom stereocenters. The van der Waals surface area contributed by atoms with Crippen molar-refractivity contribution in [3.8, 4) is 11.8 Å². The molecule has 0 fully saturated rings. The van der Waals surface area contributed by atoms with Crippen molar-refractivity contribution in [1.29, 1.82) is 5.26 Å². The molecule has 0 bridgehead atoms. The van der Waals surface area contributed by atoms with Gasteiger partial charge in [-0.05, 0) is 30.7 Å². The maximum Gasteiger partial charge on any atom is 0.325 e. The van der Waals surface area contributed by atoms with Crippen LogP contribution in [0, 0.1) is 11.3 Å². The van der Waals surface area contributed by atoms with Gasteiger partial charge in [0, 0.05) is 0 Å². The topological polar surface area (TPSA) is 71.3 Å². The third kappa shape index (κ3) is 5.04. The quantitative estimate of drug-likeness (QED) is 0.796. The summed E-state index contributed by atoms with van der Waals surface area (Å²) in [6.45, 7) is 2.50. The molecule has 118 valence electrons. The molecule has 0 saturated heterocycles. The first-order chi connectivity index (χ1) is 11.2. The first kappa shape index (κ1) is 16.4. The molecule has 2 rings (SSSR count). The van der Waals surface area contributed by atoms with E-state index in [1.165, 1.54) is 0 Å². The van der Waals surface area contributed by atoms with Crippen molar-refractivity contribution in [3.63, 3.8) is 0 Å². The van der Waals surface area contributed by atoms with Gasteiger partial charge in [-0.15, -0.1) is 0 Å². The smallest absolute Gasteiger partial charge is 0.325 e. The van der Waals surface area contributed by atoms with Gasteiger partial charge in [0.1, 0.15) is 18.9 Å². The Morgan fingerprint density at radius 2 is 2.00 bits per heavy atom. The molecule has 0 aliphatic heterocycles. The summed E-state index contributed by atoms with van der Waals surface area (Å²) in [7, 11) is 0. The van der Waals surface area contributed by atoms with E-state index in [9.17, 15) is 4.79 Å². The van der Waals surface area contributed by atoms with E-state index >= 15 is 0 Å². The lowest BCUT2D eigenvalue weighted by Crippen LogP contribution is -2.17. The third-order valence-electron chi connectivity index (χ3n) is 3.07. The second-order valence-corrected chi connectivity index (χ2v) is 4.76. The molecule has 5 heteroatoms. The van der Waals surface area contributed by atoms with Crippen LogP contribution in [0.4, 0.5) is 5.69 Å². The van der Waals surface area contributed by atoms with Crippen molar-refractivity contribution in [2.24, 2.45) is 0 Å². The van der Waals surface area contributed by atoms with Crippen LogP contribution in [0.15, 0.2) is 48.5 Å². The molecule has 2 aromatic rings. The van der Waals surface area contributed by atoms with Gasteiger partial charge < -0.3 is 14.8 Å². The standard InChI is InChI=1S/C18H18N2O3/c1-2-22-18(21)12-20-16-10-15(11-19)8-9-17(16)23-13-14-6-4-3-5-7-14/h3-10,20H,2,12-13H2,1H3. The molecule has 0 saturated carbocycles. The van der Waals surface area contributed by atoms with Crippen molar-refractivity contribution in [1.82, 2.24) is 0 Å². The lowest BCUT2D eigenvalue weighted by atomic mass is 10.2. The number of anilines is 1. The number of carbonyl (C=O) groups is 1. The molecule has 0 radical (unpaired) electrons. The van der Waals surface area contributed by atoms with Gasteiger partial charge in [-0.1, -0.05) is 30.3 Å². The number of nitriles is 1. The second kappa shape index (κ2) is 8.44. The predicted octanol–water partition coefficient (Wildman–Crippen LogP) is 3.11. The average Bonchev–Trinajstić information content (AvgIpc) is 2.59. The molecule has 0 amide bonds. The van der Waals surface area contributed by atoms with Crippen LogP contribution in [0.5, 0.6) is 5.75 Å². The number of benzene rings is 2. The van der Waals surface area contributed by atoms with Gasteiger partial charge in [-0.25, -0.2) is 0 Å². The van der Waals surface area contributed by atoms with Crippen molar-refractivity contribution in [2.75, 3.05) is 18.5 Å². The van der Waals surface area contributed by atoms with Crippen LogP contribution >= 0.6 is 0 Å². The SMILES string of the molecule is CCOC(=O)CNc1cc(C#N)ccc1OCc1ccccc1. The Labute approximate surface area is 135 Å². The van der Waals surface area contributed by atoms with E-state index in [0.29, 0.717) is 30.2 Å². The van der Waals surface area contributed by atoms with E-state index in [4.69, 9.17) is 14.7 Å². The largest absolute Gasteiger partial charge is 0.487 e. The lowest BCUT2D eigenvalue weighted by molar-refractivity contribution is -0.140. The maximum atomic E-state index is 11.5. The van der Waals surface area contributed by atoms with E-state index in [0.717, 1.165) is 5.56 Å². The average molecular weight is 310 g/mol. The van der Waals surface area contributed by atoms with Gasteiger partial charge in [0.25, 0.3) is 0 Å². The molecule has 2 aromatic carbocycles. The number of esters is 1. The highest BCUT2D eigenvalue weighted by atomic mass is 16.5. The zero-order valence-electron chi connectivity index (χ0n) is 12.9. The first-order valence-electron chi connectivity index (χ1n) is 7.33. The van der Waals surface area contributed by atoms with Crippen molar-refractivity contribution >= 4 is 11.7 Å². The van der Waals surface area contributed by atoms with Crippen LogP contribution in [0.3, 0.4) is 0 Å². The highest BCUT2D eigenvalue weighted by Crippen LogP contribution is 2.26. The molecule has 0 aliphatic rings. The van der Waals surface area contributed by atoms with Gasteiger partial charge in [0.15, 0.2) is 0 Å². The zero-order valence-corrected chi connectivity index (χ0v) is 12.9. The number of nitrogens with one attached hydrogen (secondary N) is 1. The fraction of sp³-hybridized carbons (Fsp3) is 0.222. The molecule has 0 aliphatic carbocycles. The summed E-state index contributed by atoms with van der Waals surface area (Å²) in [6, 6.07) is 16.9. The Morgan fingerprint density at radius 3 is 2.70 bits per heavy atom. The van der Waals surface area contributed by atoms with Crippen LogP contribution in [0.25, 0.3) is 0 Å². The summed E-state index contributed by atoms with van der Waals surface area (Å²) < 4.78 is 10.7. The summed E-state index contributed by atoms with van der Waals surface area (Å²) in [5.74, 6) is 0.223. The highest BCUT2D eigenvalue weighted by molar-refractivity contribution is 5.76. The monoisotopic (exact) mass is 310 g/mol. The van der Waals surface area contributed by atoms with Crippen molar-refractivity contribution < 1.29 is 14.3 Å². The van der Waals surface area contributed by atoms with Crippen molar-refractivity contribution in [2.45, 2.75) is 13.5 Å². The molecular formula is C18H18N2O3. The molecule has 0 aromatic heterocycles. The minimum atomic E-state index is -0.358. The van der Waals surface area contributed by atoms with Crippen LogP contribution < -0.4 is 10.1 Å². The Bertz CT molecular complexity index is 693. The minimum Gasteiger partial charge on any atom is -0.487 e. The summed E-state index contributed by atoms with van der Waals surface area (Å²) in [4.78, 5) is 11.5. The number of rotatable bonds is 7. The summed E-state index contributed by atoms with van der Waals surface area (Å²) in [5, 5.41) is 12.0. The number of carbonyl (C=O) groups excluding carboxylic acids is 1. The van der Waals surface area contributed by atoms with Gasteiger partial charge in [0.2, 0.25) is 0 Å². The Morgan fingerprint density at radius 1 is 1.22 bits per heavy atom. The van der Waals surface area contributed by atoms with E-state index < -0.39 is 0 Å². The van der Waals surface area contributed by atoms with Crippen molar-refractivity contribution in [3.05, 3.63) is 59.7 Å². The fourth-order valence-corrected chi connectivity index (χ4v) is 1.98. The summed E-state index contributed by atoms with van der Waals surface area (Å²) in [5.41, 5.74) is 2.12. The van der Waals surface area contributed by atoms with E-state index in [-0.39, 0.29) is 12.5 Å². The fourth-order valence-electron chi connectivity index (χ4n) is 1.98. The highest BCUT2D eigenvalue weighted by Gasteiger charge is 2.08. The lowest BCUT2D eigenvalue weighted by Gasteiger charge is -2.13. The first-order valence-corrected chi connectivity index (χ1v) is 7.33. The van der Waals surface area contributed by atoms with Gasteiger partial charge >= 0.3 is 5.97 Å². The Hall–Kier alpha value is -3.00. The molecular weight excluding hydrogens is 292 g/mol. The molecule has 1 N–H and O–H groups in total. The normalized spacial score (nSPS) is 9.74.